The van der Waals surface area contributed by atoms with E-state index in [9.17, 15) is 15.0 Å². The minimum Gasteiger partial charge on any atom is -0.393 e. The fourth-order valence-corrected chi connectivity index (χ4v) is 1.74. The fraction of sp³-hybridized carbons (Fsp3) is 0.917. The van der Waals surface area contributed by atoms with Gasteiger partial charge in [-0.25, -0.2) is 0 Å². The van der Waals surface area contributed by atoms with Gasteiger partial charge in [-0.1, -0.05) is 13.8 Å². The van der Waals surface area contributed by atoms with E-state index in [4.69, 9.17) is 0 Å². The van der Waals surface area contributed by atoms with Gasteiger partial charge in [-0.2, -0.15) is 0 Å². The summed E-state index contributed by atoms with van der Waals surface area (Å²) in [7, 11) is 0. The highest BCUT2D eigenvalue weighted by Gasteiger charge is 2.25. The molecule has 0 radical (unpaired) electrons. The third-order valence-electron chi connectivity index (χ3n) is 2.38. The number of hydrogen-bond donors (Lipinski definition) is 2. The molecule has 0 aliphatic rings. The Morgan fingerprint density at radius 2 is 1.87 bits per heavy atom. The minimum absolute atomic E-state index is 0.0453. The van der Waals surface area contributed by atoms with Crippen LogP contribution in [0.2, 0.25) is 0 Å². The SMILES string of the molecule is CC(=O)CC(C)(O)CC(O)CCC(C)C. The van der Waals surface area contributed by atoms with Crippen LogP contribution in [0.4, 0.5) is 0 Å². The smallest absolute Gasteiger partial charge is 0.132 e. The second-order valence-corrected chi connectivity index (χ2v) is 5.20. The summed E-state index contributed by atoms with van der Waals surface area (Å²) in [5.41, 5.74) is -1.07. The van der Waals surface area contributed by atoms with E-state index in [0.29, 0.717) is 12.3 Å². The molecule has 2 unspecified atom stereocenters. The van der Waals surface area contributed by atoms with Crippen LogP contribution in [-0.4, -0.2) is 27.7 Å². The molecule has 0 spiro atoms. The summed E-state index contributed by atoms with van der Waals surface area (Å²) >= 11 is 0. The second-order valence-electron chi connectivity index (χ2n) is 5.20. The summed E-state index contributed by atoms with van der Waals surface area (Å²) in [6.45, 7) is 7.25. The van der Waals surface area contributed by atoms with Gasteiger partial charge in [-0.05, 0) is 32.6 Å². The third-order valence-corrected chi connectivity index (χ3v) is 2.38. The Labute approximate surface area is 92.5 Å². The first-order chi connectivity index (χ1) is 6.73. The Hall–Kier alpha value is -0.410. The maximum absolute atomic E-state index is 10.9. The van der Waals surface area contributed by atoms with Crippen molar-refractivity contribution in [2.24, 2.45) is 5.92 Å². The minimum atomic E-state index is -1.07. The van der Waals surface area contributed by atoms with Gasteiger partial charge in [0.2, 0.25) is 0 Å². The monoisotopic (exact) mass is 216 g/mol. The molecule has 0 saturated carbocycles. The molecule has 0 bridgehead atoms. The molecule has 0 amide bonds. The predicted molar refractivity (Wildman–Crippen MR) is 60.6 cm³/mol. The zero-order chi connectivity index (χ0) is 12.1. The molecule has 3 nitrogen and oxygen atoms in total. The van der Waals surface area contributed by atoms with Crippen molar-refractivity contribution in [3.63, 3.8) is 0 Å². The molecule has 0 rings (SSSR count). The van der Waals surface area contributed by atoms with Gasteiger partial charge in [-0.3, -0.25) is 4.79 Å². The van der Waals surface area contributed by atoms with Crippen LogP contribution in [0.3, 0.4) is 0 Å². The van der Waals surface area contributed by atoms with Gasteiger partial charge in [0.1, 0.15) is 5.78 Å². The zero-order valence-electron chi connectivity index (χ0n) is 10.3. The molecule has 15 heavy (non-hydrogen) atoms. The van der Waals surface area contributed by atoms with E-state index in [1.807, 2.05) is 0 Å². The van der Waals surface area contributed by atoms with Crippen LogP contribution < -0.4 is 0 Å². The Kier molecular flexibility index (Phi) is 6.06. The molecule has 0 fully saturated rings. The molecule has 2 atom stereocenters. The predicted octanol–water partition coefficient (Wildman–Crippen LogP) is 1.90. The van der Waals surface area contributed by atoms with Gasteiger partial charge in [0.25, 0.3) is 0 Å². The first kappa shape index (κ1) is 14.6. The number of aliphatic hydroxyl groups excluding tert-OH is 1. The van der Waals surface area contributed by atoms with Crippen LogP contribution in [0, 0.1) is 5.92 Å². The van der Waals surface area contributed by atoms with Crippen LogP contribution in [0.5, 0.6) is 0 Å². The van der Waals surface area contributed by atoms with Crippen LogP contribution in [0.25, 0.3) is 0 Å². The van der Waals surface area contributed by atoms with E-state index in [0.717, 1.165) is 6.42 Å². The molecule has 0 aromatic heterocycles. The lowest BCUT2D eigenvalue weighted by molar-refractivity contribution is -0.122. The lowest BCUT2D eigenvalue weighted by Gasteiger charge is -2.25. The average Bonchev–Trinajstić information content (AvgIpc) is 1.96. The summed E-state index contributed by atoms with van der Waals surface area (Å²) in [6, 6.07) is 0. The van der Waals surface area contributed by atoms with Gasteiger partial charge >= 0.3 is 0 Å². The number of rotatable bonds is 7. The van der Waals surface area contributed by atoms with Crippen LogP contribution in [0.1, 0.15) is 53.4 Å². The highest BCUT2D eigenvalue weighted by molar-refractivity contribution is 5.76. The Balaban J connectivity index is 3.92. The van der Waals surface area contributed by atoms with Crippen molar-refractivity contribution < 1.29 is 15.0 Å². The first-order valence-electron chi connectivity index (χ1n) is 5.63. The Morgan fingerprint density at radius 3 is 2.27 bits per heavy atom. The topological polar surface area (TPSA) is 57.5 Å². The van der Waals surface area contributed by atoms with Crippen molar-refractivity contribution in [2.75, 3.05) is 0 Å². The molecule has 90 valence electrons. The normalized spacial score (nSPS) is 17.5. The van der Waals surface area contributed by atoms with Crippen molar-refractivity contribution in [1.82, 2.24) is 0 Å². The van der Waals surface area contributed by atoms with Crippen molar-refractivity contribution in [2.45, 2.75) is 65.1 Å². The van der Waals surface area contributed by atoms with Crippen LogP contribution in [0.15, 0.2) is 0 Å². The lowest BCUT2D eigenvalue weighted by atomic mass is 9.90. The van der Waals surface area contributed by atoms with Gasteiger partial charge < -0.3 is 10.2 Å². The van der Waals surface area contributed by atoms with Crippen LogP contribution in [-0.2, 0) is 4.79 Å². The maximum atomic E-state index is 10.9. The Morgan fingerprint density at radius 1 is 1.33 bits per heavy atom. The standard InChI is InChI=1S/C12H24O3/c1-9(2)5-6-11(14)8-12(4,15)7-10(3)13/h9,11,14-15H,5-8H2,1-4H3. The van der Waals surface area contributed by atoms with E-state index in [1.165, 1.54) is 6.92 Å². The quantitative estimate of drug-likeness (QED) is 0.683. The van der Waals surface area contributed by atoms with Crippen molar-refractivity contribution >= 4 is 5.78 Å². The average molecular weight is 216 g/mol. The van der Waals surface area contributed by atoms with Crippen molar-refractivity contribution in [3.8, 4) is 0 Å². The highest BCUT2D eigenvalue weighted by Crippen LogP contribution is 2.20. The summed E-state index contributed by atoms with van der Waals surface area (Å²) < 4.78 is 0. The van der Waals surface area contributed by atoms with E-state index in [1.54, 1.807) is 6.92 Å². The first-order valence-corrected chi connectivity index (χ1v) is 5.63. The Bertz CT molecular complexity index is 197. The fourth-order valence-electron chi connectivity index (χ4n) is 1.74. The number of ketones is 1. The molecule has 0 aromatic rings. The van der Waals surface area contributed by atoms with E-state index < -0.39 is 11.7 Å². The second kappa shape index (κ2) is 6.23. The van der Waals surface area contributed by atoms with Gasteiger partial charge in [-0.15, -0.1) is 0 Å². The van der Waals surface area contributed by atoms with Crippen molar-refractivity contribution in [1.29, 1.82) is 0 Å². The largest absolute Gasteiger partial charge is 0.393 e. The van der Waals surface area contributed by atoms with Gasteiger partial charge in [0.15, 0.2) is 0 Å². The van der Waals surface area contributed by atoms with Gasteiger partial charge in [0.05, 0.1) is 11.7 Å². The molecule has 2 N–H and O–H groups in total. The maximum Gasteiger partial charge on any atom is 0.132 e. The summed E-state index contributed by atoms with van der Waals surface area (Å²) in [6.07, 6.45) is 1.51. The van der Waals surface area contributed by atoms with Crippen molar-refractivity contribution in [3.05, 3.63) is 0 Å². The molecule has 0 aromatic carbocycles. The summed E-state index contributed by atoms with van der Waals surface area (Å²) in [4.78, 5) is 10.9. The number of hydrogen-bond acceptors (Lipinski definition) is 3. The zero-order valence-corrected chi connectivity index (χ0v) is 10.3. The third kappa shape index (κ3) is 8.58. The summed E-state index contributed by atoms with van der Waals surface area (Å²) in [5, 5.41) is 19.5. The number of carbonyl (C=O) groups is 1. The van der Waals surface area contributed by atoms with E-state index in [-0.39, 0.29) is 18.6 Å². The number of Topliss-reactive ketones (excluding diaryl/α,β-unsaturated/α-hetero) is 1. The molecule has 0 heterocycles. The molecule has 3 heteroatoms. The lowest BCUT2D eigenvalue weighted by Crippen LogP contribution is -2.32. The van der Waals surface area contributed by atoms with Crippen LogP contribution >= 0.6 is 0 Å². The molecular formula is C12H24O3. The van der Waals surface area contributed by atoms with E-state index >= 15 is 0 Å². The van der Waals surface area contributed by atoms with Gasteiger partial charge in [0, 0.05) is 12.8 Å². The molecule has 0 aliphatic heterocycles. The molecule has 0 saturated heterocycles. The number of aliphatic hydroxyl groups is 2. The highest BCUT2D eigenvalue weighted by atomic mass is 16.3. The van der Waals surface area contributed by atoms with E-state index in [2.05, 4.69) is 13.8 Å². The molecular weight excluding hydrogens is 192 g/mol. The molecule has 0 aliphatic carbocycles. The number of carbonyl (C=O) groups excluding carboxylic acids is 1. The summed E-state index contributed by atoms with van der Waals surface area (Å²) in [5.74, 6) is 0.508.